The molecule has 1 saturated heterocycles. The van der Waals surface area contributed by atoms with E-state index in [1.807, 2.05) is 0 Å². The summed E-state index contributed by atoms with van der Waals surface area (Å²) in [7, 11) is 0. The van der Waals surface area contributed by atoms with Crippen LogP contribution in [-0.4, -0.2) is 129 Å². The fourth-order valence-corrected chi connectivity index (χ4v) is 6.11. The topological polar surface area (TPSA) is 148 Å². The van der Waals surface area contributed by atoms with E-state index >= 15 is 0 Å². The van der Waals surface area contributed by atoms with Crippen LogP contribution < -0.4 is 11.2 Å². The molecule has 0 atom stereocenters. The molecule has 3 rings (SSSR count). The van der Waals surface area contributed by atoms with Crippen LogP contribution >= 0.6 is 0 Å². The molecule has 1 saturated carbocycles. The van der Waals surface area contributed by atoms with Crippen LogP contribution in [0.5, 0.6) is 0 Å². The number of nitrogens with zero attached hydrogens (tertiary/aromatic N) is 2. The Balaban J connectivity index is 0.00000325. The first kappa shape index (κ1) is 47.5. The maximum atomic E-state index is 13.6. The molecule has 1 heterocycles. The van der Waals surface area contributed by atoms with Gasteiger partial charge in [0.1, 0.15) is 23.2 Å². The Morgan fingerprint density at radius 2 is 1.26 bits per heavy atom. The lowest BCUT2D eigenvalue weighted by Crippen LogP contribution is -2.54. The number of aliphatic hydroxyl groups excluding tert-OH is 1. The van der Waals surface area contributed by atoms with Crippen molar-refractivity contribution in [2.75, 3.05) is 112 Å². The molecule has 0 radical (unpaired) electrons. The normalized spacial score (nSPS) is 15.7. The minimum atomic E-state index is -0.927. The smallest absolute Gasteiger partial charge is 0.132 e. The molecule has 310 valence electrons. The van der Waals surface area contributed by atoms with Gasteiger partial charge in [-0.15, -0.1) is 0 Å². The van der Waals surface area contributed by atoms with Crippen molar-refractivity contribution in [1.82, 2.24) is 5.32 Å². The molecule has 2 aliphatic rings. The average molecular weight is 775 g/mol. The summed E-state index contributed by atoms with van der Waals surface area (Å²) in [5.41, 5.74) is 1.02. The first-order chi connectivity index (χ1) is 26.4. The summed E-state index contributed by atoms with van der Waals surface area (Å²) in [6, 6.07) is 1.36. The second-order valence-electron chi connectivity index (χ2n) is 13.4. The zero-order valence-electron chi connectivity index (χ0n) is 32.1. The molecular formula is C39H65F3N4O8. The number of rotatable bonds is 31. The van der Waals surface area contributed by atoms with Gasteiger partial charge >= 0.3 is 0 Å². The van der Waals surface area contributed by atoms with Gasteiger partial charge in [0.2, 0.25) is 0 Å². The van der Waals surface area contributed by atoms with Gasteiger partial charge in [-0.3, -0.25) is 4.99 Å². The second-order valence-corrected chi connectivity index (χ2v) is 13.4. The number of halogens is 3. The molecule has 0 unspecified atom stereocenters. The van der Waals surface area contributed by atoms with Crippen molar-refractivity contribution in [3.63, 3.8) is 0 Å². The fraction of sp³-hybridized carbons (Fsp3) is 0.744. The Morgan fingerprint density at radius 3 is 1.80 bits per heavy atom. The third kappa shape index (κ3) is 22.7. The van der Waals surface area contributed by atoms with E-state index < -0.39 is 17.5 Å². The summed E-state index contributed by atoms with van der Waals surface area (Å²) < 4.78 is 79.1. The van der Waals surface area contributed by atoms with Crippen LogP contribution in [0.4, 0.5) is 13.2 Å². The number of hydrazone groups is 1. The molecule has 0 aromatic heterocycles. The van der Waals surface area contributed by atoms with E-state index in [2.05, 4.69) is 22.0 Å². The van der Waals surface area contributed by atoms with Crippen LogP contribution in [-0.2, 0) is 39.6 Å². The average Bonchev–Trinajstić information content (AvgIpc) is 3.14. The highest BCUT2D eigenvalue weighted by molar-refractivity contribution is 6.31. The van der Waals surface area contributed by atoms with Gasteiger partial charge in [0.05, 0.1) is 85.5 Å². The van der Waals surface area contributed by atoms with E-state index in [1.165, 1.54) is 45.2 Å². The van der Waals surface area contributed by atoms with Crippen LogP contribution in [0.3, 0.4) is 0 Å². The van der Waals surface area contributed by atoms with Gasteiger partial charge < -0.3 is 49.4 Å². The zero-order valence-corrected chi connectivity index (χ0v) is 32.1. The molecule has 1 aliphatic heterocycles. The van der Waals surface area contributed by atoms with Crippen molar-refractivity contribution < 1.29 is 51.4 Å². The lowest BCUT2D eigenvalue weighted by Gasteiger charge is -2.47. The number of benzene rings is 1. The molecule has 15 heteroatoms. The molecule has 1 aliphatic carbocycles. The lowest BCUT2D eigenvalue weighted by atomic mass is 9.66. The van der Waals surface area contributed by atoms with Crippen LogP contribution in [0.15, 0.2) is 35.1 Å². The minimum absolute atomic E-state index is 0.0617. The second kappa shape index (κ2) is 31.6. The predicted octanol–water partition coefficient (Wildman–Crippen LogP) is 5.57. The van der Waals surface area contributed by atoms with Gasteiger partial charge in [0, 0.05) is 63.2 Å². The Labute approximate surface area is 320 Å². The number of hydrogen-bond donors (Lipinski definition) is 3. The van der Waals surface area contributed by atoms with Gasteiger partial charge in [-0.1, -0.05) is 6.58 Å². The number of ether oxygens (including phenoxy) is 7. The Bertz CT molecular complexity index is 1130. The Hall–Kier alpha value is -2.63. The van der Waals surface area contributed by atoms with Crippen molar-refractivity contribution in [3.8, 4) is 0 Å². The van der Waals surface area contributed by atoms with Gasteiger partial charge in [-0.05, 0) is 69.1 Å². The molecule has 2 fully saturated rings. The van der Waals surface area contributed by atoms with Gasteiger partial charge in [-0.2, -0.15) is 5.10 Å². The summed E-state index contributed by atoms with van der Waals surface area (Å²) >= 11 is 0. The molecular weight excluding hydrogens is 709 g/mol. The number of hydrogen-bond acceptors (Lipinski definition) is 12. The summed E-state index contributed by atoms with van der Waals surface area (Å²) in [4.78, 5) is 4.27. The number of nitrogens with two attached hydrogens (primary N) is 1. The van der Waals surface area contributed by atoms with E-state index in [0.29, 0.717) is 102 Å². The van der Waals surface area contributed by atoms with Crippen LogP contribution in [0, 0.1) is 28.8 Å². The Kier molecular flexibility index (Phi) is 27.8. The van der Waals surface area contributed by atoms with Gasteiger partial charge in [-0.25, -0.2) is 13.2 Å². The number of aliphatic imine (C=N–C) groups is 1. The summed E-state index contributed by atoms with van der Waals surface area (Å²) in [6.45, 7) is 12.6. The lowest BCUT2D eigenvalue weighted by molar-refractivity contribution is 0.000636. The van der Waals surface area contributed by atoms with Crippen LogP contribution in [0.1, 0.15) is 63.4 Å². The molecule has 1 aromatic carbocycles. The summed E-state index contributed by atoms with van der Waals surface area (Å²) in [6.07, 6.45) is 13.0. The standard InChI is InChI=1S/C37H61F3N4O7.C2H4O/c38-32-25-35(39)34(36(40)26-32)8-15-45-12-2-1-3-13-46-17-19-48-16-11-42-27-33(44-41)28-51-24-23-50-22-21-49-20-18-47-14-4-5-31-6-9-37(10-7-31)29-43-30-37;1-2-3/h25-27,31,43H,1-24,28-30,41H2;2-3H,1H2/b42-27?,44-33+;. The number of nitrogens with one attached hydrogen (secondary N) is 1. The maximum Gasteiger partial charge on any atom is 0.132 e. The monoisotopic (exact) mass is 774 g/mol. The van der Waals surface area contributed by atoms with E-state index in [4.69, 9.17) is 44.1 Å². The van der Waals surface area contributed by atoms with E-state index in [0.717, 1.165) is 44.5 Å². The van der Waals surface area contributed by atoms with E-state index in [9.17, 15) is 13.2 Å². The molecule has 1 spiro atoms. The molecule has 1 aromatic rings. The summed E-state index contributed by atoms with van der Waals surface area (Å²) in [5.74, 6) is 3.62. The zero-order chi connectivity index (χ0) is 39.0. The van der Waals surface area contributed by atoms with Gasteiger partial charge in [0.15, 0.2) is 0 Å². The minimum Gasteiger partial charge on any atom is -0.516 e. The number of unbranched alkanes of at least 4 members (excludes halogenated alkanes) is 2. The highest BCUT2D eigenvalue weighted by atomic mass is 19.1. The molecule has 0 bridgehead atoms. The molecule has 4 N–H and O–H groups in total. The fourth-order valence-electron chi connectivity index (χ4n) is 6.11. The maximum absolute atomic E-state index is 13.6. The molecule has 0 amide bonds. The summed E-state index contributed by atoms with van der Waals surface area (Å²) in [5, 5.41) is 14.5. The van der Waals surface area contributed by atoms with Crippen LogP contribution in [0.2, 0.25) is 0 Å². The van der Waals surface area contributed by atoms with E-state index in [-0.39, 0.29) is 25.2 Å². The van der Waals surface area contributed by atoms with Crippen molar-refractivity contribution in [1.29, 1.82) is 0 Å². The SMILES string of the molecule is C=CO.N/N=C(\C=NCCOCCOCCCCCOCCc1c(F)cc(F)cc1F)COCCOCCOCCOCCCC1CCC2(CC1)CNC2. The molecule has 54 heavy (non-hydrogen) atoms. The first-order valence-electron chi connectivity index (χ1n) is 19.3. The third-order valence-corrected chi connectivity index (χ3v) is 9.26. The van der Waals surface area contributed by atoms with Crippen molar-refractivity contribution in [2.45, 2.75) is 64.2 Å². The van der Waals surface area contributed by atoms with Crippen LogP contribution in [0.25, 0.3) is 0 Å². The van der Waals surface area contributed by atoms with E-state index in [1.54, 1.807) is 6.21 Å². The third-order valence-electron chi connectivity index (χ3n) is 9.26. The highest BCUT2D eigenvalue weighted by Crippen LogP contribution is 2.42. The predicted molar refractivity (Wildman–Crippen MR) is 204 cm³/mol. The van der Waals surface area contributed by atoms with Crippen molar-refractivity contribution in [3.05, 3.63) is 48.0 Å². The van der Waals surface area contributed by atoms with Crippen molar-refractivity contribution in [2.24, 2.45) is 27.3 Å². The highest BCUT2D eigenvalue weighted by Gasteiger charge is 2.39. The first-order valence-corrected chi connectivity index (χ1v) is 19.3. The van der Waals surface area contributed by atoms with Gasteiger partial charge in [0.25, 0.3) is 0 Å². The number of aliphatic hydroxyl groups is 1. The van der Waals surface area contributed by atoms with Crippen molar-refractivity contribution >= 4 is 11.9 Å². The quantitative estimate of drug-likeness (QED) is 0.0288. The Morgan fingerprint density at radius 1 is 0.759 bits per heavy atom. The molecule has 12 nitrogen and oxygen atoms in total. The largest absolute Gasteiger partial charge is 0.516 e.